The average molecular weight is 318 g/mol. The molecule has 3 amide bonds. The molecule has 0 saturated carbocycles. The number of rotatable bonds is 5. The third-order valence-electron chi connectivity index (χ3n) is 4.26. The third-order valence-corrected chi connectivity index (χ3v) is 4.26. The van der Waals surface area contributed by atoms with E-state index in [0.717, 1.165) is 11.1 Å². The summed E-state index contributed by atoms with van der Waals surface area (Å²) in [4.78, 5) is 37.5. The number of aliphatic hydroxyl groups is 1. The Morgan fingerprint density at radius 3 is 2.74 bits per heavy atom. The molecule has 2 heterocycles. The first-order valence-corrected chi connectivity index (χ1v) is 7.80. The van der Waals surface area contributed by atoms with Gasteiger partial charge in [-0.3, -0.25) is 19.7 Å². The van der Waals surface area contributed by atoms with E-state index in [-0.39, 0.29) is 24.8 Å². The molecule has 2 aliphatic heterocycles. The zero-order valence-corrected chi connectivity index (χ0v) is 13.3. The van der Waals surface area contributed by atoms with Crippen molar-refractivity contribution in [2.45, 2.75) is 38.6 Å². The molecule has 0 radical (unpaired) electrons. The zero-order chi connectivity index (χ0) is 17.0. The van der Waals surface area contributed by atoms with Crippen LogP contribution in [0.4, 0.5) is 0 Å². The standard InChI is InChI=1S/C17H22N2O4/c1-3-11(6-5-9-20)13-10-19(17(23)12(13)4-2)14-7-8-15(21)18-16(14)22/h3-4,14,20H,1,5-10H2,2H3,(H,18,21,22)/b12-4+,13-11+. The van der Waals surface area contributed by atoms with Gasteiger partial charge in [0.15, 0.2) is 0 Å². The maximum Gasteiger partial charge on any atom is 0.254 e. The fourth-order valence-corrected chi connectivity index (χ4v) is 3.06. The van der Waals surface area contributed by atoms with Crippen molar-refractivity contribution >= 4 is 17.7 Å². The monoisotopic (exact) mass is 318 g/mol. The Bertz CT molecular complexity index is 604. The van der Waals surface area contributed by atoms with E-state index in [9.17, 15) is 14.4 Å². The summed E-state index contributed by atoms with van der Waals surface area (Å²) in [5.41, 5.74) is 2.34. The number of allylic oxidation sites excluding steroid dienone is 3. The Balaban J connectivity index is 2.30. The van der Waals surface area contributed by atoms with Gasteiger partial charge in [0.25, 0.3) is 5.91 Å². The number of imide groups is 1. The van der Waals surface area contributed by atoms with Crippen LogP contribution in [0.2, 0.25) is 0 Å². The molecule has 0 aliphatic carbocycles. The van der Waals surface area contributed by atoms with E-state index in [0.29, 0.717) is 31.4 Å². The van der Waals surface area contributed by atoms with Crippen molar-refractivity contribution in [3.63, 3.8) is 0 Å². The fraction of sp³-hybridized carbons (Fsp3) is 0.471. The molecular formula is C17H22N2O4. The number of hydrogen-bond acceptors (Lipinski definition) is 4. The molecule has 0 aromatic rings. The van der Waals surface area contributed by atoms with Crippen molar-refractivity contribution in [1.82, 2.24) is 10.2 Å². The Morgan fingerprint density at radius 2 is 2.17 bits per heavy atom. The van der Waals surface area contributed by atoms with Crippen LogP contribution in [0.15, 0.2) is 35.5 Å². The van der Waals surface area contributed by atoms with Gasteiger partial charge >= 0.3 is 0 Å². The number of nitrogens with zero attached hydrogens (tertiary/aromatic N) is 1. The fourth-order valence-electron chi connectivity index (χ4n) is 3.06. The number of aliphatic hydroxyl groups excluding tert-OH is 1. The van der Waals surface area contributed by atoms with Gasteiger partial charge in [-0.2, -0.15) is 0 Å². The van der Waals surface area contributed by atoms with Gasteiger partial charge in [0.05, 0.1) is 0 Å². The predicted octanol–water partition coefficient (Wildman–Crippen LogP) is 0.835. The van der Waals surface area contributed by atoms with E-state index >= 15 is 0 Å². The summed E-state index contributed by atoms with van der Waals surface area (Å²) in [5.74, 6) is -0.906. The normalized spacial score (nSPS) is 25.8. The van der Waals surface area contributed by atoms with Crippen LogP contribution in [-0.2, 0) is 14.4 Å². The van der Waals surface area contributed by atoms with Crippen LogP contribution in [0.5, 0.6) is 0 Å². The first-order chi connectivity index (χ1) is 11.0. The van der Waals surface area contributed by atoms with Gasteiger partial charge in [0.2, 0.25) is 11.8 Å². The van der Waals surface area contributed by atoms with Crippen LogP contribution in [0.25, 0.3) is 0 Å². The van der Waals surface area contributed by atoms with Gasteiger partial charge in [-0.25, -0.2) is 0 Å². The number of nitrogens with one attached hydrogen (secondary N) is 1. The van der Waals surface area contributed by atoms with E-state index in [1.165, 1.54) is 4.90 Å². The molecule has 2 fully saturated rings. The highest BCUT2D eigenvalue weighted by atomic mass is 16.3. The highest BCUT2D eigenvalue weighted by molar-refractivity contribution is 6.07. The zero-order valence-electron chi connectivity index (χ0n) is 13.3. The second-order valence-corrected chi connectivity index (χ2v) is 5.64. The van der Waals surface area contributed by atoms with Crippen LogP contribution in [0.1, 0.15) is 32.6 Å². The molecular weight excluding hydrogens is 296 g/mol. The van der Waals surface area contributed by atoms with E-state index in [2.05, 4.69) is 11.9 Å². The van der Waals surface area contributed by atoms with Gasteiger partial charge in [-0.05, 0) is 37.3 Å². The summed E-state index contributed by atoms with van der Waals surface area (Å²) in [6.07, 6.45) is 5.25. The van der Waals surface area contributed by atoms with Crippen molar-refractivity contribution in [2.75, 3.05) is 13.2 Å². The highest BCUT2D eigenvalue weighted by Gasteiger charge is 2.40. The minimum Gasteiger partial charge on any atom is -0.396 e. The topological polar surface area (TPSA) is 86.7 Å². The number of carbonyl (C=O) groups is 3. The van der Waals surface area contributed by atoms with Crippen molar-refractivity contribution in [1.29, 1.82) is 0 Å². The largest absolute Gasteiger partial charge is 0.396 e. The lowest BCUT2D eigenvalue weighted by atomic mass is 9.99. The minimum atomic E-state index is -0.614. The van der Waals surface area contributed by atoms with Crippen LogP contribution < -0.4 is 5.32 Å². The molecule has 2 aliphatic rings. The first kappa shape index (κ1) is 17.1. The van der Waals surface area contributed by atoms with Gasteiger partial charge in [0.1, 0.15) is 6.04 Å². The minimum absolute atomic E-state index is 0.0700. The molecule has 0 spiro atoms. The Morgan fingerprint density at radius 1 is 1.43 bits per heavy atom. The molecule has 2 N–H and O–H groups in total. The predicted molar refractivity (Wildman–Crippen MR) is 85.2 cm³/mol. The second-order valence-electron chi connectivity index (χ2n) is 5.64. The van der Waals surface area contributed by atoms with Crippen molar-refractivity contribution < 1.29 is 19.5 Å². The number of hydrogen-bond donors (Lipinski definition) is 2. The molecule has 1 atom stereocenters. The SMILES string of the molecule is C=C/C(CCCO)=C1/CN(C2CCC(=O)NC2=O)C(=O)/C1=C/C. The maximum atomic E-state index is 12.6. The molecule has 23 heavy (non-hydrogen) atoms. The van der Waals surface area contributed by atoms with Crippen LogP contribution in [-0.4, -0.2) is 46.9 Å². The summed E-state index contributed by atoms with van der Waals surface area (Å²) in [7, 11) is 0. The Hall–Kier alpha value is -2.21. The molecule has 124 valence electrons. The van der Waals surface area contributed by atoms with E-state index in [4.69, 9.17) is 5.11 Å². The number of carbonyl (C=O) groups excluding carboxylic acids is 3. The molecule has 6 heteroatoms. The van der Waals surface area contributed by atoms with Crippen molar-refractivity contribution in [3.05, 3.63) is 35.5 Å². The summed E-state index contributed by atoms with van der Waals surface area (Å²) in [6.45, 7) is 5.98. The maximum absolute atomic E-state index is 12.6. The molecule has 1 unspecified atom stereocenters. The molecule has 0 aromatic carbocycles. The molecule has 0 aromatic heterocycles. The molecule has 2 rings (SSSR count). The molecule has 0 bridgehead atoms. The van der Waals surface area contributed by atoms with Gasteiger partial charge < -0.3 is 10.0 Å². The van der Waals surface area contributed by atoms with E-state index in [1.54, 1.807) is 19.1 Å². The number of likely N-dealkylation sites (tertiary alicyclic amines) is 1. The summed E-state index contributed by atoms with van der Waals surface area (Å²) in [5, 5.41) is 11.3. The van der Waals surface area contributed by atoms with Crippen LogP contribution in [0.3, 0.4) is 0 Å². The van der Waals surface area contributed by atoms with Gasteiger partial charge in [0, 0.05) is 25.1 Å². The van der Waals surface area contributed by atoms with Crippen LogP contribution >= 0.6 is 0 Å². The highest BCUT2D eigenvalue weighted by Crippen LogP contribution is 2.31. The van der Waals surface area contributed by atoms with Gasteiger partial charge in [-0.15, -0.1) is 0 Å². The lowest BCUT2D eigenvalue weighted by molar-refractivity contribution is -0.142. The number of piperidine rings is 1. The molecule has 2 saturated heterocycles. The Kier molecular flexibility index (Phi) is 5.50. The lowest BCUT2D eigenvalue weighted by Crippen LogP contribution is -2.52. The van der Waals surface area contributed by atoms with E-state index < -0.39 is 11.9 Å². The van der Waals surface area contributed by atoms with Gasteiger partial charge in [-0.1, -0.05) is 18.7 Å². The summed E-state index contributed by atoms with van der Waals surface area (Å²) < 4.78 is 0. The first-order valence-electron chi connectivity index (χ1n) is 7.80. The van der Waals surface area contributed by atoms with Crippen LogP contribution in [0, 0.1) is 0 Å². The molecule has 6 nitrogen and oxygen atoms in total. The van der Waals surface area contributed by atoms with E-state index in [1.807, 2.05) is 0 Å². The lowest BCUT2D eigenvalue weighted by Gasteiger charge is -2.29. The number of amides is 3. The smallest absolute Gasteiger partial charge is 0.254 e. The summed E-state index contributed by atoms with van der Waals surface area (Å²) in [6, 6.07) is -0.614. The second kappa shape index (κ2) is 7.37. The Labute approximate surface area is 135 Å². The van der Waals surface area contributed by atoms with Crippen molar-refractivity contribution in [2.24, 2.45) is 0 Å². The van der Waals surface area contributed by atoms with Crippen molar-refractivity contribution in [3.8, 4) is 0 Å². The summed E-state index contributed by atoms with van der Waals surface area (Å²) >= 11 is 0. The average Bonchev–Trinajstić information content (AvgIpc) is 2.85. The quantitative estimate of drug-likeness (QED) is 0.581. The third kappa shape index (κ3) is 3.42.